The van der Waals surface area contributed by atoms with Gasteiger partial charge in [0, 0.05) is 6.61 Å². The highest BCUT2D eigenvalue weighted by molar-refractivity contribution is 5.41. The fourth-order valence-corrected chi connectivity index (χ4v) is 1.26. The van der Waals surface area contributed by atoms with E-state index in [-0.39, 0.29) is 5.75 Å². The number of benzene rings is 1. The molecule has 0 fully saturated rings. The molecular weight excluding hydrogens is 192 g/mol. The van der Waals surface area contributed by atoms with Gasteiger partial charge in [0.2, 0.25) is 0 Å². The van der Waals surface area contributed by atoms with Crippen molar-refractivity contribution in [2.24, 2.45) is 0 Å². The average molecular weight is 210 g/mol. The molecule has 84 valence electrons. The van der Waals surface area contributed by atoms with Crippen molar-refractivity contribution in [2.45, 2.75) is 26.4 Å². The average Bonchev–Trinajstić information content (AvgIpc) is 2.25. The van der Waals surface area contributed by atoms with Gasteiger partial charge in [-0.2, -0.15) is 0 Å². The highest BCUT2D eigenvalue weighted by Gasteiger charge is 2.02. The van der Waals surface area contributed by atoms with Crippen LogP contribution in [0.2, 0.25) is 0 Å². The summed E-state index contributed by atoms with van der Waals surface area (Å²) in [5.41, 5.74) is 0.962. The first kappa shape index (κ1) is 11.9. The van der Waals surface area contributed by atoms with Gasteiger partial charge in [-0.15, -0.1) is 0 Å². The Morgan fingerprint density at radius 3 is 2.73 bits per heavy atom. The molecule has 0 atom stereocenters. The second-order valence-corrected chi connectivity index (χ2v) is 3.41. The van der Waals surface area contributed by atoms with Crippen molar-refractivity contribution in [1.29, 1.82) is 0 Å². The van der Waals surface area contributed by atoms with Crippen molar-refractivity contribution in [3.8, 4) is 11.5 Å². The molecule has 0 amide bonds. The van der Waals surface area contributed by atoms with Gasteiger partial charge in [0.25, 0.3) is 0 Å². The zero-order valence-electron chi connectivity index (χ0n) is 9.32. The second kappa shape index (κ2) is 6.30. The molecule has 0 heterocycles. The number of unbranched alkanes of at least 4 members (excludes halogenated alkanes) is 1. The van der Waals surface area contributed by atoms with Crippen LogP contribution < -0.4 is 4.74 Å². The van der Waals surface area contributed by atoms with E-state index in [1.807, 2.05) is 6.07 Å². The summed E-state index contributed by atoms with van der Waals surface area (Å²) >= 11 is 0. The molecule has 3 nitrogen and oxygen atoms in total. The summed E-state index contributed by atoms with van der Waals surface area (Å²) in [6.45, 7) is 3.43. The maximum absolute atomic E-state index is 9.51. The van der Waals surface area contributed by atoms with E-state index in [9.17, 15) is 5.11 Å². The zero-order valence-corrected chi connectivity index (χ0v) is 9.32. The Kier molecular flexibility index (Phi) is 4.98. The van der Waals surface area contributed by atoms with E-state index >= 15 is 0 Å². The van der Waals surface area contributed by atoms with Crippen molar-refractivity contribution >= 4 is 0 Å². The van der Waals surface area contributed by atoms with Gasteiger partial charge in [-0.05, 0) is 24.1 Å². The molecule has 0 saturated carbocycles. The van der Waals surface area contributed by atoms with Gasteiger partial charge in [0.1, 0.15) is 0 Å². The predicted molar refractivity (Wildman–Crippen MR) is 59.2 cm³/mol. The molecule has 1 rings (SSSR count). The molecule has 0 bridgehead atoms. The Morgan fingerprint density at radius 1 is 1.33 bits per heavy atom. The number of aromatic hydroxyl groups is 1. The van der Waals surface area contributed by atoms with Crippen LogP contribution in [0.4, 0.5) is 0 Å². The number of phenolic OH excluding ortho intramolecular Hbond substituents is 1. The van der Waals surface area contributed by atoms with Gasteiger partial charge in [-0.25, -0.2) is 0 Å². The Morgan fingerprint density at radius 2 is 2.13 bits per heavy atom. The van der Waals surface area contributed by atoms with E-state index in [4.69, 9.17) is 9.47 Å². The molecule has 1 aromatic carbocycles. The Labute approximate surface area is 90.6 Å². The van der Waals surface area contributed by atoms with Crippen LogP contribution in [-0.4, -0.2) is 18.8 Å². The van der Waals surface area contributed by atoms with Gasteiger partial charge < -0.3 is 14.6 Å². The van der Waals surface area contributed by atoms with Gasteiger partial charge in [0.05, 0.1) is 13.7 Å². The predicted octanol–water partition coefficient (Wildman–Crippen LogP) is 2.72. The Hall–Kier alpha value is -1.22. The standard InChI is InChI=1S/C12H18O3/c1-3-4-7-15-9-10-5-6-12(14-2)11(13)8-10/h5-6,8,13H,3-4,7,9H2,1-2H3. The molecule has 1 N–H and O–H groups in total. The van der Waals surface area contributed by atoms with Crippen LogP contribution in [-0.2, 0) is 11.3 Å². The number of phenols is 1. The van der Waals surface area contributed by atoms with E-state index in [0.717, 1.165) is 25.0 Å². The van der Waals surface area contributed by atoms with Crippen molar-refractivity contribution in [2.75, 3.05) is 13.7 Å². The lowest BCUT2D eigenvalue weighted by molar-refractivity contribution is 0.118. The van der Waals surface area contributed by atoms with Crippen molar-refractivity contribution in [3.05, 3.63) is 23.8 Å². The topological polar surface area (TPSA) is 38.7 Å². The summed E-state index contributed by atoms with van der Waals surface area (Å²) in [5, 5.41) is 9.51. The summed E-state index contributed by atoms with van der Waals surface area (Å²) in [5.74, 6) is 0.654. The van der Waals surface area contributed by atoms with Crippen LogP contribution in [0.25, 0.3) is 0 Å². The van der Waals surface area contributed by atoms with E-state index in [2.05, 4.69) is 6.92 Å². The van der Waals surface area contributed by atoms with Gasteiger partial charge in [0.15, 0.2) is 11.5 Å². The Balaban J connectivity index is 2.45. The van der Waals surface area contributed by atoms with Gasteiger partial charge in [-0.1, -0.05) is 19.4 Å². The van der Waals surface area contributed by atoms with Crippen molar-refractivity contribution in [1.82, 2.24) is 0 Å². The lowest BCUT2D eigenvalue weighted by Crippen LogP contribution is -1.95. The lowest BCUT2D eigenvalue weighted by atomic mass is 10.2. The first-order chi connectivity index (χ1) is 7.27. The molecule has 3 heteroatoms. The van der Waals surface area contributed by atoms with Crippen LogP contribution in [0.1, 0.15) is 25.3 Å². The van der Waals surface area contributed by atoms with E-state index in [0.29, 0.717) is 12.4 Å². The number of ether oxygens (including phenoxy) is 2. The molecule has 0 aliphatic carbocycles. The molecule has 1 aromatic rings. The number of hydrogen-bond acceptors (Lipinski definition) is 3. The molecule has 0 radical (unpaired) electrons. The lowest BCUT2D eigenvalue weighted by Gasteiger charge is -2.06. The van der Waals surface area contributed by atoms with Crippen molar-refractivity contribution < 1.29 is 14.6 Å². The first-order valence-corrected chi connectivity index (χ1v) is 5.21. The fourth-order valence-electron chi connectivity index (χ4n) is 1.26. The SMILES string of the molecule is CCCCOCc1ccc(OC)c(O)c1. The molecular formula is C12H18O3. The summed E-state index contributed by atoms with van der Waals surface area (Å²) < 4.78 is 10.4. The number of hydrogen-bond donors (Lipinski definition) is 1. The van der Waals surface area contributed by atoms with E-state index < -0.39 is 0 Å². The van der Waals surface area contributed by atoms with Crippen molar-refractivity contribution in [3.63, 3.8) is 0 Å². The monoisotopic (exact) mass is 210 g/mol. The molecule has 0 spiro atoms. The summed E-state index contributed by atoms with van der Waals surface area (Å²) in [7, 11) is 1.53. The highest BCUT2D eigenvalue weighted by atomic mass is 16.5. The van der Waals surface area contributed by atoms with Crippen LogP contribution in [0, 0.1) is 0 Å². The second-order valence-electron chi connectivity index (χ2n) is 3.41. The third-order valence-electron chi connectivity index (χ3n) is 2.15. The highest BCUT2D eigenvalue weighted by Crippen LogP contribution is 2.26. The van der Waals surface area contributed by atoms with Crippen LogP contribution in [0.15, 0.2) is 18.2 Å². The molecule has 0 aliphatic heterocycles. The summed E-state index contributed by atoms with van der Waals surface area (Å²) in [6.07, 6.45) is 2.20. The molecule has 0 aromatic heterocycles. The molecule has 15 heavy (non-hydrogen) atoms. The number of methoxy groups -OCH3 is 1. The normalized spacial score (nSPS) is 10.3. The minimum absolute atomic E-state index is 0.161. The maximum atomic E-state index is 9.51. The van der Waals surface area contributed by atoms with Crippen LogP contribution in [0.3, 0.4) is 0 Å². The smallest absolute Gasteiger partial charge is 0.160 e. The van der Waals surface area contributed by atoms with Crippen LogP contribution >= 0.6 is 0 Å². The molecule has 0 aliphatic rings. The summed E-state index contributed by atoms with van der Waals surface area (Å²) in [4.78, 5) is 0. The first-order valence-electron chi connectivity index (χ1n) is 5.21. The largest absolute Gasteiger partial charge is 0.504 e. The number of rotatable bonds is 6. The third-order valence-corrected chi connectivity index (χ3v) is 2.15. The Bertz CT molecular complexity index is 297. The van der Waals surface area contributed by atoms with Gasteiger partial charge >= 0.3 is 0 Å². The van der Waals surface area contributed by atoms with Gasteiger partial charge in [-0.3, -0.25) is 0 Å². The fraction of sp³-hybridized carbons (Fsp3) is 0.500. The minimum atomic E-state index is 0.161. The zero-order chi connectivity index (χ0) is 11.1. The molecule has 0 saturated heterocycles. The quantitative estimate of drug-likeness (QED) is 0.734. The summed E-state index contributed by atoms with van der Waals surface area (Å²) in [6, 6.07) is 5.31. The maximum Gasteiger partial charge on any atom is 0.160 e. The minimum Gasteiger partial charge on any atom is -0.504 e. The van der Waals surface area contributed by atoms with E-state index in [1.165, 1.54) is 7.11 Å². The third kappa shape index (κ3) is 3.80. The molecule has 0 unspecified atom stereocenters. The van der Waals surface area contributed by atoms with E-state index in [1.54, 1.807) is 12.1 Å². The van der Waals surface area contributed by atoms with Crippen LogP contribution in [0.5, 0.6) is 11.5 Å².